The molecule has 166 valence electrons. The van der Waals surface area contributed by atoms with Crippen molar-refractivity contribution >= 4 is 17.5 Å². The molecule has 1 unspecified atom stereocenters. The highest BCUT2D eigenvalue weighted by atomic mass is 35.5. The summed E-state index contributed by atoms with van der Waals surface area (Å²) >= 11 is 5.85. The third-order valence-corrected chi connectivity index (χ3v) is 6.01. The molecule has 1 fully saturated rings. The van der Waals surface area contributed by atoms with Crippen LogP contribution in [0, 0.1) is 12.7 Å². The van der Waals surface area contributed by atoms with Gasteiger partial charge in [-0.3, -0.25) is 10.2 Å². The van der Waals surface area contributed by atoms with Crippen molar-refractivity contribution in [2.75, 3.05) is 6.54 Å². The van der Waals surface area contributed by atoms with Gasteiger partial charge in [-0.1, -0.05) is 11.6 Å². The smallest absolute Gasteiger partial charge is 0.330 e. The van der Waals surface area contributed by atoms with Gasteiger partial charge in [-0.15, -0.1) is 0 Å². The zero-order valence-electron chi connectivity index (χ0n) is 16.8. The van der Waals surface area contributed by atoms with Gasteiger partial charge in [0.15, 0.2) is 0 Å². The van der Waals surface area contributed by atoms with Gasteiger partial charge in [-0.25, -0.2) is 19.8 Å². The molecule has 0 aliphatic carbocycles. The van der Waals surface area contributed by atoms with Crippen LogP contribution in [0.5, 0.6) is 0 Å². The maximum absolute atomic E-state index is 13.8. The van der Waals surface area contributed by atoms with E-state index in [0.29, 0.717) is 24.0 Å². The van der Waals surface area contributed by atoms with E-state index in [2.05, 4.69) is 20.8 Å². The topological polar surface area (TPSA) is 70.2 Å². The van der Waals surface area contributed by atoms with Gasteiger partial charge in [0.1, 0.15) is 17.2 Å². The van der Waals surface area contributed by atoms with Crippen molar-refractivity contribution in [3.8, 4) is 0 Å². The van der Waals surface area contributed by atoms with Crippen molar-refractivity contribution in [1.29, 1.82) is 0 Å². The Morgan fingerprint density at radius 3 is 2.68 bits per heavy atom. The Morgan fingerprint density at radius 1 is 1.29 bits per heavy atom. The summed E-state index contributed by atoms with van der Waals surface area (Å²) in [5, 5.41) is -0.934. The number of carbonyl (C=O) groups is 1. The Morgan fingerprint density at radius 2 is 2.03 bits per heavy atom. The average Bonchev–Trinajstić information content (AvgIpc) is 3.20. The van der Waals surface area contributed by atoms with Crippen LogP contribution in [0.4, 0.5) is 17.6 Å². The summed E-state index contributed by atoms with van der Waals surface area (Å²) in [7, 11) is 0. The summed E-state index contributed by atoms with van der Waals surface area (Å²) in [5.74, 6) is -1.67. The minimum absolute atomic E-state index is 0.0192. The molecule has 2 aromatic rings. The lowest BCUT2D eigenvalue weighted by Crippen LogP contribution is -2.44. The molecule has 1 aromatic heterocycles. The van der Waals surface area contributed by atoms with Crippen LogP contribution in [-0.2, 0) is 19.1 Å². The van der Waals surface area contributed by atoms with Gasteiger partial charge in [0.05, 0.1) is 34.6 Å². The van der Waals surface area contributed by atoms with E-state index in [-0.39, 0.29) is 18.6 Å². The number of aryl methyl sites for hydroxylation is 1. The number of hydrogen-bond acceptors (Lipinski definition) is 5. The summed E-state index contributed by atoms with van der Waals surface area (Å²) < 4.78 is 53.5. The zero-order chi connectivity index (χ0) is 22.5. The summed E-state index contributed by atoms with van der Waals surface area (Å²) in [6, 6.07) is 1.29. The number of benzene rings is 1. The Bertz CT molecular complexity index is 1040. The molecule has 0 bridgehead atoms. The lowest BCUT2D eigenvalue weighted by atomic mass is 9.93. The highest BCUT2D eigenvalue weighted by molar-refractivity contribution is 6.34. The average molecular weight is 458 g/mol. The summed E-state index contributed by atoms with van der Waals surface area (Å²) in [6.07, 6.45) is -3.72. The Balaban J connectivity index is 1.70. The summed E-state index contributed by atoms with van der Waals surface area (Å²) in [4.78, 5) is 23.6. The Labute approximate surface area is 181 Å². The van der Waals surface area contributed by atoms with Crippen molar-refractivity contribution in [2.45, 2.75) is 51.5 Å². The molecule has 1 amide bonds. The van der Waals surface area contributed by atoms with E-state index >= 15 is 0 Å². The monoisotopic (exact) mass is 457 g/mol. The van der Waals surface area contributed by atoms with Gasteiger partial charge in [0.25, 0.3) is 5.91 Å². The molecule has 3 heterocycles. The highest BCUT2D eigenvalue weighted by Gasteiger charge is 2.40. The van der Waals surface area contributed by atoms with Gasteiger partial charge in [0.2, 0.25) is 0 Å². The number of carbonyl (C=O) groups excluding carboxylic acids is 1. The molecule has 2 atom stereocenters. The first-order valence-electron chi connectivity index (χ1n) is 9.78. The third kappa shape index (κ3) is 3.99. The van der Waals surface area contributed by atoms with Gasteiger partial charge in [-0.2, -0.15) is 13.2 Å². The number of amides is 1. The molecular weight excluding hydrogens is 438 g/mol. The van der Waals surface area contributed by atoms with Crippen LogP contribution in [0.2, 0.25) is 5.02 Å². The van der Waals surface area contributed by atoms with Gasteiger partial charge < -0.3 is 4.90 Å². The van der Waals surface area contributed by atoms with E-state index in [1.54, 1.807) is 13.8 Å². The van der Waals surface area contributed by atoms with E-state index in [1.165, 1.54) is 4.90 Å². The van der Waals surface area contributed by atoms with Gasteiger partial charge in [0, 0.05) is 18.2 Å². The molecule has 0 saturated carbocycles. The number of halogens is 5. The van der Waals surface area contributed by atoms with Crippen LogP contribution < -0.4 is 10.9 Å². The Hall–Kier alpha value is -2.30. The van der Waals surface area contributed by atoms with Crippen LogP contribution in [0.1, 0.15) is 58.1 Å². The molecule has 4 rings (SSSR count). The van der Waals surface area contributed by atoms with Crippen molar-refractivity contribution in [2.24, 2.45) is 0 Å². The Kier molecular flexibility index (Phi) is 5.65. The molecule has 1 aromatic carbocycles. The summed E-state index contributed by atoms with van der Waals surface area (Å²) in [5.41, 5.74) is 6.68. The zero-order valence-corrected chi connectivity index (χ0v) is 17.5. The molecular formula is C20H20ClF4N5O. The maximum atomic E-state index is 13.8. The lowest BCUT2D eigenvalue weighted by molar-refractivity contribution is -0.139. The molecule has 11 heteroatoms. The van der Waals surface area contributed by atoms with Crippen LogP contribution in [0.3, 0.4) is 0 Å². The van der Waals surface area contributed by atoms with Crippen LogP contribution in [0.15, 0.2) is 12.1 Å². The van der Waals surface area contributed by atoms with Crippen molar-refractivity contribution in [1.82, 2.24) is 25.7 Å². The number of aromatic nitrogens is 2. The number of fused-ring (bicyclic) bond motifs is 1. The number of nitrogens with one attached hydrogen (secondary N) is 2. The number of alkyl halides is 3. The fourth-order valence-electron chi connectivity index (χ4n) is 4.13. The number of hydrazine groups is 1. The van der Waals surface area contributed by atoms with Crippen molar-refractivity contribution in [3.05, 3.63) is 56.9 Å². The van der Waals surface area contributed by atoms with E-state index in [4.69, 9.17) is 11.6 Å². The van der Waals surface area contributed by atoms with Crippen molar-refractivity contribution < 1.29 is 22.4 Å². The minimum atomic E-state index is -5.01. The third-order valence-electron chi connectivity index (χ3n) is 5.62. The number of hydrogen-bond donors (Lipinski definition) is 2. The number of nitrogens with zero attached hydrogens (tertiary/aromatic N) is 3. The molecule has 2 N–H and O–H groups in total. The molecule has 31 heavy (non-hydrogen) atoms. The predicted molar refractivity (Wildman–Crippen MR) is 105 cm³/mol. The van der Waals surface area contributed by atoms with E-state index in [1.807, 2.05) is 0 Å². The van der Waals surface area contributed by atoms with Crippen LogP contribution in [-0.4, -0.2) is 33.4 Å². The van der Waals surface area contributed by atoms with E-state index < -0.39 is 34.1 Å². The largest absolute Gasteiger partial charge is 0.420 e. The fraction of sp³-hybridized carbons (Fsp3) is 0.450. The molecule has 0 spiro atoms. The van der Waals surface area contributed by atoms with E-state index in [0.717, 1.165) is 30.3 Å². The van der Waals surface area contributed by atoms with Gasteiger partial charge in [-0.05, 0) is 38.8 Å². The maximum Gasteiger partial charge on any atom is 0.420 e. The fourth-order valence-corrected chi connectivity index (χ4v) is 4.48. The second-order valence-corrected chi connectivity index (χ2v) is 8.14. The molecule has 2 aliphatic rings. The van der Waals surface area contributed by atoms with Gasteiger partial charge >= 0.3 is 6.18 Å². The highest BCUT2D eigenvalue weighted by Crippen LogP contribution is 2.39. The first-order valence-corrected chi connectivity index (χ1v) is 10.2. The van der Waals surface area contributed by atoms with Crippen molar-refractivity contribution in [3.63, 3.8) is 0 Å². The van der Waals surface area contributed by atoms with Crippen LogP contribution >= 0.6 is 11.6 Å². The van der Waals surface area contributed by atoms with Crippen LogP contribution in [0.25, 0.3) is 0 Å². The SMILES string of the molecule is Cc1nc2c(c(C3CCNN3)n1)C[C@@H](C)N(C(=O)c1ccc(F)c(C(F)(F)F)c1Cl)C2. The normalized spacial score (nSPS) is 21.3. The lowest BCUT2D eigenvalue weighted by Gasteiger charge is -2.36. The summed E-state index contributed by atoms with van der Waals surface area (Å²) in [6.45, 7) is 4.45. The minimum Gasteiger partial charge on any atom is -0.330 e. The standard InChI is InChI=1S/C20H20ClF4N5O/c1-9-7-12-15(27-10(2)28-18(12)14-5-6-26-29-14)8-30(9)19(31)11-3-4-13(22)16(17(11)21)20(23,24)25/h3-4,9,14,26,29H,5-8H2,1-2H3/t9-,14?/m1/s1. The first kappa shape index (κ1) is 21.9. The number of rotatable bonds is 2. The predicted octanol–water partition coefficient (Wildman–Crippen LogP) is 3.72. The molecule has 6 nitrogen and oxygen atoms in total. The molecule has 0 radical (unpaired) electrons. The van der Waals surface area contributed by atoms with E-state index in [9.17, 15) is 22.4 Å². The second kappa shape index (κ2) is 7.99. The molecule has 2 aliphatic heterocycles. The quantitative estimate of drug-likeness (QED) is 0.673. The second-order valence-electron chi connectivity index (χ2n) is 7.76. The first-order chi connectivity index (χ1) is 14.6. The molecule has 1 saturated heterocycles.